The standard InChI is InChI=1S/C20H24ClN3O2/c21-17-5-3-15(4-6-17)18-13-22-19(26-18)14-23-11-7-16(8-12-23)20(25)24-9-1-2-10-24/h3-6,13,16H,1-2,7-12,14H2. The largest absolute Gasteiger partial charge is 0.439 e. The van der Waals surface area contributed by atoms with Gasteiger partial charge in [0.2, 0.25) is 11.8 Å². The zero-order valence-electron chi connectivity index (χ0n) is 14.9. The number of hydrogen-bond acceptors (Lipinski definition) is 4. The average molecular weight is 374 g/mol. The highest BCUT2D eigenvalue weighted by Crippen LogP contribution is 2.25. The Hall–Kier alpha value is -1.85. The van der Waals surface area contributed by atoms with E-state index in [2.05, 4.69) is 9.88 Å². The van der Waals surface area contributed by atoms with E-state index in [-0.39, 0.29) is 5.92 Å². The fraction of sp³-hybridized carbons (Fsp3) is 0.500. The van der Waals surface area contributed by atoms with Crippen LogP contribution in [0.15, 0.2) is 34.9 Å². The van der Waals surface area contributed by atoms with Crippen LogP contribution < -0.4 is 0 Å². The first-order valence-corrected chi connectivity index (χ1v) is 9.78. The molecule has 2 aromatic rings. The highest BCUT2D eigenvalue weighted by molar-refractivity contribution is 6.30. The topological polar surface area (TPSA) is 49.6 Å². The van der Waals surface area contributed by atoms with Gasteiger partial charge < -0.3 is 9.32 Å². The summed E-state index contributed by atoms with van der Waals surface area (Å²) in [6.45, 7) is 4.43. The van der Waals surface area contributed by atoms with Crippen LogP contribution in [0.4, 0.5) is 0 Å². The van der Waals surface area contributed by atoms with E-state index < -0.39 is 0 Å². The number of hydrogen-bond donors (Lipinski definition) is 0. The Labute approximate surface area is 158 Å². The number of carbonyl (C=O) groups is 1. The Morgan fingerprint density at radius 2 is 1.81 bits per heavy atom. The van der Waals surface area contributed by atoms with Gasteiger partial charge in [-0.05, 0) is 63.0 Å². The third-order valence-corrected chi connectivity index (χ3v) is 5.65. The highest BCUT2D eigenvalue weighted by Gasteiger charge is 2.30. The molecule has 0 unspecified atom stereocenters. The van der Waals surface area contributed by atoms with Crippen molar-refractivity contribution in [3.63, 3.8) is 0 Å². The summed E-state index contributed by atoms with van der Waals surface area (Å²) in [5, 5.41) is 0.708. The van der Waals surface area contributed by atoms with Crippen molar-refractivity contribution in [3.8, 4) is 11.3 Å². The lowest BCUT2D eigenvalue weighted by atomic mass is 9.95. The first-order valence-electron chi connectivity index (χ1n) is 9.41. The van der Waals surface area contributed by atoms with E-state index in [9.17, 15) is 4.79 Å². The maximum Gasteiger partial charge on any atom is 0.225 e. The number of rotatable bonds is 4. The zero-order valence-corrected chi connectivity index (χ0v) is 15.6. The Bertz CT molecular complexity index is 745. The fourth-order valence-electron chi connectivity index (χ4n) is 3.86. The number of oxazole rings is 1. The third kappa shape index (κ3) is 3.94. The molecule has 0 aliphatic carbocycles. The van der Waals surface area contributed by atoms with Crippen molar-refractivity contribution >= 4 is 17.5 Å². The number of piperidine rings is 1. The lowest BCUT2D eigenvalue weighted by Gasteiger charge is -2.32. The number of aromatic nitrogens is 1. The Morgan fingerprint density at radius 3 is 2.50 bits per heavy atom. The van der Waals surface area contributed by atoms with Crippen LogP contribution in [-0.4, -0.2) is 46.9 Å². The van der Waals surface area contributed by atoms with Gasteiger partial charge in [0.15, 0.2) is 5.76 Å². The summed E-state index contributed by atoms with van der Waals surface area (Å²) in [6, 6.07) is 7.56. The van der Waals surface area contributed by atoms with Crippen LogP contribution in [0.1, 0.15) is 31.6 Å². The molecule has 4 rings (SSSR count). The van der Waals surface area contributed by atoms with Crippen molar-refractivity contribution in [2.24, 2.45) is 5.92 Å². The molecule has 0 saturated carbocycles. The number of nitrogens with zero attached hydrogens (tertiary/aromatic N) is 3. The summed E-state index contributed by atoms with van der Waals surface area (Å²) in [6.07, 6.45) is 5.94. The van der Waals surface area contributed by atoms with Gasteiger partial charge in [0.25, 0.3) is 0 Å². The monoisotopic (exact) mass is 373 g/mol. The summed E-state index contributed by atoms with van der Waals surface area (Å²) >= 11 is 5.93. The van der Waals surface area contributed by atoms with Crippen molar-refractivity contribution in [2.45, 2.75) is 32.2 Å². The quantitative estimate of drug-likeness (QED) is 0.817. The van der Waals surface area contributed by atoms with E-state index in [1.807, 2.05) is 29.2 Å². The second-order valence-electron chi connectivity index (χ2n) is 7.21. The SMILES string of the molecule is O=C(C1CCN(Cc2ncc(-c3ccc(Cl)cc3)o2)CC1)N1CCCC1. The van der Waals surface area contributed by atoms with E-state index in [1.54, 1.807) is 6.20 Å². The van der Waals surface area contributed by atoms with E-state index >= 15 is 0 Å². The summed E-state index contributed by atoms with van der Waals surface area (Å²) in [5.74, 6) is 2.04. The molecule has 2 aliphatic heterocycles. The van der Waals surface area contributed by atoms with Gasteiger partial charge in [-0.15, -0.1) is 0 Å². The van der Waals surface area contributed by atoms with E-state index in [1.165, 1.54) is 0 Å². The third-order valence-electron chi connectivity index (χ3n) is 5.40. The van der Waals surface area contributed by atoms with Crippen LogP contribution in [0.25, 0.3) is 11.3 Å². The van der Waals surface area contributed by atoms with Gasteiger partial charge in [0.1, 0.15) is 0 Å². The molecule has 0 bridgehead atoms. The Balaban J connectivity index is 1.30. The van der Waals surface area contributed by atoms with Gasteiger partial charge in [-0.2, -0.15) is 0 Å². The molecule has 2 aliphatic rings. The minimum Gasteiger partial charge on any atom is -0.439 e. The zero-order chi connectivity index (χ0) is 17.9. The van der Waals surface area contributed by atoms with Crippen molar-refractivity contribution in [3.05, 3.63) is 41.4 Å². The smallest absolute Gasteiger partial charge is 0.225 e. The Kier molecular flexibility index (Phi) is 5.27. The van der Waals surface area contributed by atoms with Crippen LogP contribution in [0.3, 0.4) is 0 Å². The number of halogens is 1. The minimum absolute atomic E-state index is 0.193. The molecule has 5 nitrogen and oxygen atoms in total. The average Bonchev–Trinajstić information content (AvgIpc) is 3.35. The van der Waals surface area contributed by atoms with E-state index in [4.69, 9.17) is 16.0 Å². The summed E-state index contributed by atoms with van der Waals surface area (Å²) in [7, 11) is 0. The molecule has 0 radical (unpaired) electrons. The summed E-state index contributed by atoms with van der Waals surface area (Å²) < 4.78 is 5.90. The van der Waals surface area contributed by atoms with Crippen molar-refractivity contribution in [1.82, 2.24) is 14.8 Å². The lowest BCUT2D eigenvalue weighted by Crippen LogP contribution is -2.41. The van der Waals surface area contributed by atoms with Crippen LogP contribution >= 0.6 is 11.6 Å². The van der Waals surface area contributed by atoms with Gasteiger partial charge in [-0.3, -0.25) is 9.69 Å². The summed E-state index contributed by atoms with van der Waals surface area (Å²) in [5.41, 5.74) is 0.975. The minimum atomic E-state index is 0.193. The van der Waals surface area contributed by atoms with Crippen molar-refractivity contribution < 1.29 is 9.21 Å². The molecule has 1 aromatic heterocycles. The fourth-order valence-corrected chi connectivity index (χ4v) is 3.98. The molecule has 0 atom stereocenters. The van der Waals surface area contributed by atoms with Crippen molar-refractivity contribution in [1.29, 1.82) is 0 Å². The molecule has 26 heavy (non-hydrogen) atoms. The lowest BCUT2D eigenvalue weighted by molar-refractivity contribution is -0.136. The normalized spacial score (nSPS) is 19.2. The van der Waals surface area contributed by atoms with Gasteiger partial charge in [-0.1, -0.05) is 11.6 Å². The first kappa shape index (κ1) is 17.6. The second kappa shape index (κ2) is 7.80. The van der Waals surface area contributed by atoms with Crippen LogP contribution in [0.2, 0.25) is 5.02 Å². The molecule has 1 amide bonds. The maximum atomic E-state index is 12.5. The van der Waals surface area contributed by atoms with Gasteiger partial charge >= 0.3 is 0 Å². The Morgan fingerprint density at radius 1 is 1.12 bits per heavy atom. The van der Waals surface area contributed by atoms with E-state index in [0.717, 1.165) is 69.1 Å². The molecular weight excluding hydrogens is 350 g/mol. The summed E-state index contributed by atoms with van der Waals surface area (Å²) in [4.78, 5) is 21.3. The van der Waals surface area contributed by atoms with Crippen LogP contribution in [-0.2, 0) is 11.3 Å². The van der Waals surface area contributed by atoms with Crippen LogP contribution in [0.5, 0.6) is 0 Å². The predicted octanol–water partition coefficient (Wildman–Crippen LogP) is 3.83. The molecule has 1 aromatic carbocycles. The predicted molar refractivity (Wildman–Crippen MR) is 101 cm³/mol. The highest BCUT2D eigenvalue weighted by atomic mass is 35.5. The van der Waals surface area contributed by atoms with Crippen molar-refractivity contribution in [2.75, 3.05) is 26.2 Å². The number of likely N-dealkylation sites (tertiary alicyclic amines) is 2. The molecule has 138 valence electrons. The second-order valence-corrected chi connectivity index (χ2v) is 7.64. The van der Waals surface area contributed by atoms with E-state index in [0.29, 0.717) is 17.5 Å². The molecule has 2 fully saturated rings. The molecule has 3 heterocycles. The number of amides is 1. The molecule has 0 spiro atoms. The van der Waals surface area contributed by atoms with Gasteiger partial charge in [0.05, 0.1) is 12.7 Å². The molecule has 0 N–H and O–H groups in total. The maximum absolute atomic E-state index is 12.5. The van der Waals surface area contributed by atoms with Gasteiger partial charge in [-0.25, -0.2) is 4.98 Å². The van der Waals surface area contributed by atoms with Gasteiger partial charge in [0, 0.05) is 29.6 Å². The molecule has 6 heteroatoms. The van der Waals surface area contributed by atoms with Crippen LogP contribution in [0, 0.1) is 5.92 Å². The molecule has 2 saturated heterocycles. The first-order chi connectivity index (χ1) is 12.7. The number of carbonyl (C=O) groups excluding carboxylic acids is 1. The molecular formula is C20H24ClN3O2. The number of benzene rings is 1.